The maximum atomic E-state index is 14.4. The molecule has 0 fully saturated rings. The molecule has 0 spiro atoms. The second-order valence-electron chi connectivity index (χ2n) is 15.4. The first-order valence-corrected chi connectivity index (χ1v) is 20.9. The number of allylic oxidation sites excluding steroid dienone is 2. The van der Waals surface area contributed by atoms with Crippen LogP contribution in [0.25, 0.3) is 11.1 Å². The van der Waals surface area contributed by atoms with Crippen molar-refractivity contribution in [2.24, 2.45) is 0 Å². The van der Waals surface area contributed by atoms with Gasteiger partial charge in [-0.05, 0) is 79.4 Å². The van der Waals surface area contributed by atoms with E-state index in [9.17, 15) is 9.90 Å². The van der Waals surface area contributed by atoms with Gasteiger partial charge in [-0.25, -0.2) is 4.58 Å². The highest BCUT2D eigenvalue weighted by Gasteiger charge is 2.43. The second-order valence-corrected chi connectivity index (χ2v) is 15.4. The van der Waals surface area contributed by atoms with E-state index in [1.54, 1.807) is 0 Å². The van der Waals surface area contributed by atoms with Gasteiger partial charge in [0.15, 0.2) is 5.78 Å². The number of anilines is 3. The smallest absolute Gasteiger partial charge is 0.224 e. The van der Waals surface area contributed by atoms with E-state index < -0.39 is 0 Å². The molecular weight excluding hydrogens is 713 g/mol. The molecule has 0 saturated heterocycles. The summed E-state index contributed by atoms with van der Waals surface area (Å²) in [7, 11) is 0. The lowest BCUT2D eigenvalue weighted by molar-refractivity contribution is -0.292. The van der Waals surface area contributed by atoms with Gasteiger partial charge in [0, 0.05) is 42.4 Å². The molecule has 0 amide bonds. The van der Waals surface area contributed by atoms with Gasteiger partial charge in [0.05, 0.1) is 23.5 Å². The largest absolute Gasteiger partial charge is 0.871 e. The van der Waals surface area contributed by atoms with Gasteiger partial charge in [0.1, 0.15) is 18.3 Å². The van der Waals surface area contributed by atoms with Gasteiger partial charge in [-0.1, -0.05) is 133 Å². The minimum absolute atomic E-state index is 0.0251. The molecule has 4 unspecified atom stereocenters. The van der Waals surface area contributed by atoms with Gasteiger partial charge in [-0.15, -0.1) is 0 Å². The van der Waals surface area contributed by atoms with Gasteiger partial charge >= 0.3 is 0 Å². The van der Waals surface area contributed by atoms with Crippen molar-refractivity contribution in [2.75, 3.05) is 40.9 Å². The zero-order valence-corrected chi connectivity index (χ0v) is 33.8. The van der Waals surface area contributed by atoms with Crippen LogP contribution in [0.4, 0.5) is 17.1 Å². The normalized spacial score (nSPS) is 21.1. The van der Waals surface area contributed by atoms with Crippen LogP contribution in [0.15, 0.2) is 163 Å². The van der Waals surface area contributed by atoms with E-state index in [1.807, 2.05) is 12.1 Å². The number of carbonyl (C=O) groups excluding carboxylic acids is 1. The van der Waals surface area contributed by atoms with Crippen LogP contribution in [-0.2, 0) is 4.79 Å². The molecule has 9 rings (SSSR count). The van der Waals surface area contributed by atoms with E-state index in [4.69, 9.17) is 0 Å². The Bertz CT molecular complexity index is 2630. The van der Waals surface area contributed by atoms with Crippen molar-refractivity contribution in [1.82, 2.24) is 4.58 Å². The molecule has 3 aliphatic rings. The van der Waals surface area contributed by atoms with Crippen LogP contribution in [0.5, 0.6) is 0 Å². The maximum Gasteiger partial charge on any atom is 0.224 e. The van der Waals surface area contributed by atoms with Crippen molar-refractivity contribution in [3.05, 3.63) is 202 Å². The Kier molecular flexibility index (Phi) is 9.94. The molecular formula is C52H50N4O2. The van der Waals surface area contributed by atoms with E-state index in [-0.39, 0.29) is 46.9 Å². The summed E-state index contributed by atoms with van der Waals surface area (Å²) in [5.74, 6) is -0.378. The van der Waals surface area contributed by atoms with E-state index in [2.05, 4.69) is 193 Å². The first-order chi connectivity index (χ1) is 28.5. The number of carbonyl (C=O) groups is 1. The summed E-state index contributed by atoms with van der Waals surface area (Å²) >= 11 is 0. The van der Waals surface area contributed by atoms with Crippen LogP contribution in [-0.4, -0.2) is 32.0 Å². The van der Waals surface area contributed by atoms with Gasteiger partial charge in [0.25, 0.3) is 0 Å². The third-order valence-electron chi connectivity index (χ3n) is 12.5. The molecule has 6 nitrogen and oxygen atoms in total. The summed E-state index contributed by atoms with van der Waals surface area (Å²) in [6.07, 6.45) is 0. The van der Waals surface area contributed by atoms with Crippen LogP contribution in [0, 0.1) is 0 Å². The van der Waals surface area contributed by atoms with E-state index in [1.165, 1.54) is 22.3 Å². The maximum absolute atomic E-state index is 14.4. The molecule has 6 heteroatoms. The van der Waals surface area contributed by atoms with Crippen molar-refractivity contribution in [1.29, 1.82) is 0 Å². The van der Waals surface area contributed by atoms with Crippen molar-refractivity contribution in [3.63, 3.8) is 0 Å². The standard InChI is InChI=1S/C52H50N4O2/c1-5-53-41-31-29-39(33-43(41)55(7-3)49(37-25-17-11-18-26-37)47(53)35-21-13-9-14-22-35)45-51(57)46(52(45)58)40-30-32-42-44(34-40)56(8-4)50(38-27-19-12-20-28-38)48(54(42)6-2)36-23-15-10-16-24-36/h9-34,47-50H,5-8H2,1-4H3. The van der Waals surface area contributed by atoms with Gasteiger partial charge in [-0.3, -0.25) is 4.79 Å². The predicted octanol–water partition coefficient (Wildman–Crippen LogP) is 8.17. The molecule has 0 radical (unpaired) electrons. The number of nitrogens with zero attached hydrogens (tertiary/aromatic N) is 4. The minimum atomic E-state index is -0.189. The average molecular weight is 763 g/mol. The van der Waals surface area contributed by atoms with Gasteiger partial charge in [-0.2, -0.15) is 0 Å². The number of benzene rings is 6. The lowest BCUT2D eigenvalue weighted by Crippen LogP contribution is -2.51. The quantitative estimate of drug-likeness (QED) is 0.139. The summed E-state index contributed by atoms with van der Waals surface area (Å²) in [5.41, 5.74) is 9.36. The van der Waals surface area contributed by atoms with Crippen molar-refractivity contribution < 1.29 is 9.90 Å². The van der Waals surface area contributed by atoms with E-state index >= 15 is 0 Å². The van der Waals surface area contributed by atoms with Crippen LogP contribution < -0.4 is 35.0 Å². The number of Topliss-reactive ketones (excluding diaryl/α,β-unsaturated/α-hetero) is 1. The molecule has 2 aliphatic heterocycles. The van der Waals surface area contributed by atoms with Crippen LogP contribution >= 0.6 is 0 Å². The molecule has 0 bridgehead atoms. The molecule has 58 heavy (non-hydrogen) atoms. The molecule has 0 aromatic heterocycles. The zero-order valence-electron chi connectivity index (χ0n) is 33.8. The van der Waals surface area contributed by atoms with Crippen molar-refractivity contribution in [3.8, 4) is 0 Å². The Morgan fingerprint density at radius 2 is 0.983 bits per heavy atom. The van der Waals surface area contributed by atoms with Crippen molar-refractivity contribution in [2.45, 2.75) is 51.9 Å². The third kappa shape index (κ3) is 6.01. The molecule has 6 aromatic carbocycles. The second kappa shape index (κ2) is 15.5. The fourth-order valence-corrected chi connectivity index (χ4v) is 10.0. The fourth-order valence-electron chi connectivity index (χ4n) is 10.0. The lowest BCUT2D eigenvalue weighted by Gasteiger charge is -2.50. The monoisotopic (exact) mass is 762 g/mol. The molecule has 290 valence electrons. The van der Waals surface area contributed by atoms with Crippen LogP contribution in [0.3, 0.4) is 0 Å². The minimum Gasteiger partial charge on any atom is -0.871 e. The first kappa shape index (κ1) is 37.2. The molecule has 0 N–H and O–H groups in total. The summed E-state index contributed by atoms with van der Waals surface area (Å²) in [6, 6.07) is 55.4. The Morgan fingerprint density at radius 1 is 0.500 bits per heavy atom. The number of hydrogen-bond acceptors (Lipinski definition) is 5. The van der Waals surface area contributed by atoms with Crippen molar-refractivity contribution >= 4 is 34.0 Å². The topological polar surface area (TPSA) is 52.9 Å². The number of likely N-dealkylation sites (N-methyl/N-ethyl adjacent to an activating group) is 4. The Morgan fingerprint density at radius 3 is 1.48 bits per heavy atom. The van der Waals surface area contributed by atoms with E-state index in [0.29, 0.717) is 10.8 Å². The number of hydrogen-bond donors (Lipinski definition) is 0. The summed E-state index contributed by atoms with van der Waals surface area (Å²) in [6.45, 7) is 11.9. The lowest BCUT2D eigenvalue weighted by atomic mass is 9.81. The van der Waals surface area contributed by atoms with Crippen LogP contribution in [0.2, 0.25) is 0 Å². The fraction of sp³-hybridized carbons (Fsp3) is 0.231. The van der Waals surface area contributed by atoms with Gasteiger partial charge in [0.2, 0.25) is 11.4 Å². The zero-order chi connectivity index (χ0) is 39.9. The third-order valence-corrected chi connectivity index (χ3v) is 12.5. The summed E-state index contributed by atoms with van der Waals surface area (Å²) in [4.78, 5) is 21.7. The summed E-state index contributed by atoms with van der Waals surface area (Å²) in [5, 5.41) is 16.1. The molecule has 2 heterocycles. The number of ketones is 1. The summed E-state index contributed by atoms with van der Waals surface area (Å²) < 4.78 is 2.47. The first-order valence-electron chi connectivity index (χ1n) is 20.9. The highest BCUT2D eigenvalue weighted by Crippen LogP contribution is 2.52. The van der Waals surface area contributed by atoms with E-state index in [0.717, 1.165) is 48.6 Å². The Balaban J connectivity index is 1.17. The highest BCUT2D eigenvalue weighted by molar-refractivity contribution is 6.51. The van der Waals surface area contributed by atoms with Gasteiger partial charge < -0.3 is 19.8 Å². The molecule has 4 atom stereocenters. The molecule has 6 aromatic rings. The number of rotatable bonds is 9. The number of fused-ring (bicyclic) bond motifs is 2. The predicted molar refractivity (Wildman–Crippen MR) is 235 cm³/mol. The van der Waals surface area contributed by atoms with Crippen LogP contribution in [0.1, 0.15) is 79.7 Å². The molecule has 1 aliphatic carbocycles. The molecule has 0 saturated carbocycles. The SMILES string of the molecule is CCN1c2ccc(C3=C([O-])C(=c4ccc5c(c4)N(CC)C(c4ccccc4)C(c4ccccc4)[N+]=5CC)C3=O)cc2N(CC)C(c2ccccc2)C1c1ccccc1. The Labute approximate surface area is 341 Å². The highest BCUT2D eigenvalue weighted by atomic mass is 16.3. The average Bonchev–Trinajstić information content (AvgIpc) is 3.28. The Hall–Kier alpha value is -6.40.